The Bertz CT molecular complexity index is 897. The summed E-state index contributed by atoms with van der Waals surface area (Å²) in [5.41, 5.74) is 1.15. The molecule has 0 saturated heterocycles. The number of guanidine groups is 1. The number of aliphatic imine (C=N–C) groups is 1. The summed E-state index contributed by atoms with van der Waals surface area (Å²) in [5, 5.41) is 11.5. The van der Waals surface area contributed by atoms with Gasteiger partial charge < -0.3 is 20.1 Å². The van der Waals surface area contributed by atoms with Crippen LogP contribution in [0.4, 0.5) is 0 Å². The number of fused-ring (bicyclic) bond motifs is 1. The second kappa shape index (κ2) is 13.1. The Morgan fingerprint density at radius 1 is 1.21 bits per heavy atom. The topological polar surface area (TPSA) is 85.6 Å². The molecule has 0 radical (unpaired) electrons. The standard InChI is InChI=1S/C24H36N6O2.HI/c1-3-25-24(27-19-12-13-23-28-22(17-31-2)29-30(23)16-19)26-15-18-8-7-11-21(14-18)32-20-9-5-4-6-10-20;/h7-8,11,14,19-20H,3-6,9-10,12-13,15-17H2,1-2H3,(H2,25,26,27);1H. The van der Waals surface area contributed by atoms with Crippen molar-refractivity contribution in [2.45, 2.75) is 83.7 Å². The van der Waals surface area contributed by atoms with Crippen LogP contribution in [-0.4, -0.2) is 46.5 Å². The van der Waals surface area contributed by atoms with Crippen LogP contribution in [0.5, 0.6) is 5.75 Å². The first-order valence-electron chi connectivity index (χ1n) is 12.0. The minimum Gasteiger partial charge on any atom is -0.490 e. The largest absolute Gasteiger partial charge is 0.490 e. The quantitative estimate of drug-likeness (QED) is 0.286. The first kappa shape index (κ1) is 25.7. The number of nitrogens with one attached hydrogen (secondary N) is 2. The molecule has 182 valence electrons. The van der Waals surface area contributed by atoms with Crippen molar-refractivity contribution in [1.29, 1.82) is 0 Å². The van der Waals surface area contributed by atoms with Crippen molar-refractivity contribution in [2.24, 2.45) is 4.99 Å². The molecule has 1 aromatic carbocycles. The van der Waals surface area contributed by atoms with Crippen LogP contribution in [0.15, 0.2) is 29.3 Å². The Morgan fingerprint density at radius 2 is 2.06 bits per heavy atom. The molecule has 1 aliphatic heterocycles. The van der Waals surface area contributed by atoms with Crippen LogP contribution < -0.4 is 15.4 Å². The monoisotopic (exact) mass is 568 g/mol. The number of benzene rings is 1. The molecule has 1 unspecified atom stereocenters. The molecular weight excluding hydrogens is 531 g/mol. The van der Waals surface area contributed by atoms with E-state index < -0.39 is 0 Å². The zero-order valence-electron chi connectivity index (χ0n) is 19.8. The third-order valence-electron chi connectivity index (χ3n) is 6.03. The number of nitrogens with zero attached hydrogens (tertiary/aromatic N) is 4. The number of ether oxygens (including phenoxy) is 2. The van der Waals surface area contributed by atoms with Crippen molar-refractivity contribution >= 4 is 29.9 Å². The van der Waals surface area contributed by atoms with Gasteiger partial charge >= 0.3 is 0 Å². The fourth-order valence-corrected chi connectivity index (χ4v) is 4.44. The van der Waals surface area contributed by atoms with Crippen LogP contribution in [0.1, 0.15) is 62.7 Å². The average Bonchev–Trinajstić information content (AvgIpc) is 3.20. The molecule has 0 bridgehead atoms. The lowest BCUT2D eigenvalue weighted by atomic mass is 9.98. The van der Waals surface area contributed by atoms with E-state index in [1.54, 1.807) is 7.11 Å². The summed E-state index contributed by atoms with van der Waals surface area (Å²) in [6.45, 7) is 4.74. The first-order chi connectivity index (χ1) is 15.7. The molecule has 33 heavy (non-hydrogen) atoms. The SMILES string of the molecule is CCNC(=NCc1cccc(OC2CCCCC2)c1)NC1CCc2nc(COC)nn2C1.I. The molecule has 9 heteroatoms. The second-order valence-electron chi connectivity index (χ2n) is 8.66. The number of aryl methyl sites for hydroxylation is 1. The van der Waals surface area contributed by atoms with Gasteiger partial charge in [-0.2, -0.15) is 5.10 Å². The van der Waals surface area contributed by atoms with Crippen molar-refractivity contribution < 1.29 is 9.47 Å². The van der Waals surface area contributed by atoms with E-state index in [0.29, 0.717) is 19.3 Å². The number of aromatic nitrogens is 3. The summed E-state index contributed by atoms with van der Waals surface area (Å²) in [4.78, 5) is 9.39. The lowest BCUT2D eigenvalue weighted by molar-refractivity contribution is 0.155. The molecule has 2 heterocycles. The minimum atomic E-state index is 0. The lowest BCUT2D eigenvalue weighted by Gasteiger charge is -2.25. The van der Waals surface area contributed by atoms with Gasteiger partial charge in [-0.15, -0.1) is 24.0 Å². The zero-order chi connectivity index (χ0) is 22.2. The molecule has 2 N–H and O–H groups in total. The summed E-state index contributed by atoms with van der Waals surface area (Å²) in [6.07, 6.45) is 8.47. The number of methoxy groups -OCH3 is 1. The predicted octanol–water partition coefficient (Wildman–Crippen LogP) is 3.82. The van der Waals surface area contributed by atoms with E-state index in [9.17, 15) is 0 Å². The maximum absolute atomic E-state index is 6.22. The molecule has 8 nitrogen and oxygen atoms in total. The van der Waals surface area contributed by atoms with Crippen LogP contribution in [0.3, 0.4) is 0 Å². The van der Waals surface area contributed by atoms with E-state index in [2.05, 4.69) is 51.9 Å². The number of hydrogen-bond acceptors (Lipinski definition) is 5. The van der Waals surface area contributed by atoms with Crippen LogP contribution in [-0.2, 0) is 30.9 Å². The Morgan fingerprint density at radius 3 is 2.85 bits per heavy atom. The van der Waals surface area contributed by atoms with Gasteiger partial charge in [0.1, 0.15) is 18.2 Å². The maximum Gasteiger partial charge on any atom is 0.191 e. The van der Waals surface area contributed by atoms with Gasteiger partial charge in [0, 0.05) is 26.1 Å². The van der Waals surface area contributed by atoms with E-state index in [1.165, 1.54) is 32.1 Å². The summed E-state index contributed by atoms with van der Waals surface area (Å²) >= 11 is 0. The Hall–Kier alpha value is -1.88. The Labute approximate surface area is 214 Å². The minimum absolute atomic E-state index is 0. The van der Waals surface area contributed by atoms with Crippen LogP contribution in [0, 0.1) is 0 Å². The molecule has 1 aromatic heterocycles. The van der Waals surface area contributed by atoms with E-state index in [1.807, 2.05) is 4.68 Å². The zero-order valence-corrected chi connectivity index (χ0v) is 22.1. The predicted molar refractivity (Wildman–Crippen MR) is 140 cm³/mol. The van der Waals surface area contributed by atoms with Crippen LogP contribution >= 0.6 is 24.0 Å². The van der Waals surface area contributed by atoms with Crippen molar-refractivity contribution in [3.8, 4) is 5.75 Å². The Kier molecular flexibility index (Phi) is 10.2. The lowest BCUT2D eigenvalue weighted by Crippen LogP contribution is -2.47. The van der Waals surface area contributed by atoms with Crippen molar-refractivity contribution in [1.82, 2.24) is 25.4 Å². The number of hydrogen-bond donors (Lipinski definition) is 2. The molecule has 2 aromatic rings. The van der Waals surface area contributed by atoms with Crippen LogP contribution in [0.2, 0.25) is 0 Å². The number of halogens is 1. The molecule has 1 saturated carbocycles. The van der Waals surface area contributed by atoms with Crippen molar-refractivity contribution in [3.63, 3.8) is 0 Å². The van der Waals surface area contributed by atoms with Crippen LogP contribution in [0.25, 0.3) is 0 Å². The normalized spacial score (nSPS) is 18.8. The highest BCUT2D eigenvalue weighted by Crippen LogP contribution is 2.24. The van der Waals surface area contributed by atoms with Gasteiger partial charge in [0.2, 0.25) is 0 Å². The molecule has 0 amide bonds. The molecule has 1 aliphatic carbocycles. The maximum atomic E-state index is 6.22. The third-order valence-corrected chi connectivity index (χ3v) is 6.03. The number of rotatable bonds is 8. The highest BCUT2D eigenvalue weighted by atomic mass is 127. The van der Waals surface area contributed by atoms with Gasteiger partial charge in [0.15, 0.2) is 11.8 Å². The van der Waals surface area contributed by atoms with Gasteiger partial charge in [-0.25, -0.2) is 14.7 Å². The summed E-state index contributed by atoms with van der Waals surface area (Å²) in [7, 11) is 1.67. The van der Waals surface area contributed by atoms with Gasteiger partial charge in [-0.3, -0.25) is 0 Å². The van der Waals surface area contributed by atoms with E-state index in [4.69, 9.17) is 14.5 Å². The molecule has 1 fully saturated rings. The second-order valence-corrected chi connectivity index (χ2v) is 8.66. The molecular formula is C24H37IN6O2. The Balaban J connectivity index is 0.00000306. The highest BCUT2D eigenvalue weighted by Gasteiger charge is 2.22. The average molecular weight is 569 g/mol. The van der Waals surface area contributed by atoms with Gasteiger partial charge in [-0.1, -0.05) is 18.6 Å². The van der Waals surface area contributed by atoms with Gasteiger partial charge in [-0.05, 0) is 56.7 Å². The summed E-state index contributed by atoms with van der Waals surface area (Å²) in [5.74, 6) is 3.57. The molecule has 4 rings (SSSR count). The van der Waals surface area contributed by atoms with E-state index >= 15 is 0 Å². The first-order valence-corrected chi connectivity index (χ1v) is 12.0. The highest BCUT2D eigenvalue weighted by molar-refractivity contribution is 14.0. The molecule has 2 aliphatic rings. The third kappa shape index (κ3) is 7.56. The molecule has 0 spiro atoms. The van der Waals surface area contributed by atoms with E-state index in [-0.39, 0.29) is 30.0 Å². The fraction of sp³-hybridized carbons (Fsp3) is 0.625. The van der Waals surface area contributed by atoms with Crippen molar-refractivity contribution in [2.75, 3.05) is 13.7 Å². The van der Waals surface area contributed by atoms with Gasteiger partial charge in [0.05, 0.1) is 19.2 Å². The summed E-state index contributed by atoms with van der Waals surface area (Å²) < 4.78 is 13.4. The smallest absolute Gasteiger partial charge is 0.191 e. The molecule has 1 atom stereocenters. The van der Waals surface area contributed by atoms with Gasteiger partial charge in [0.25, 0.3) is 0 Å². The summed E-state index contributed by atoms with van der Waals surface area (Å²) in [6, 6.07) is 8.62. The fourth-order valence-electron chi connectivity index (χ4n) is 4.44. The van der Waals surface area contributed by atoms with Crippen molar-refractivity contribution in [3.05, 3.63) is 41.5 Å². The van der Waals surface area contributed by atoms with E-state index in [0.717, 1.165) is 54.9 Å².